The van der Waals surface area contributed by atoms with Crippen molar-refractivity contribution in [2.24, 2.45) is 15.7 Å². The van der Waals surface area contributed by atoms with Gasteiger partial charge in [-0.05, 0) is 17.7 Å². The van der Waals surface area contributed by atoms with Crippen LogP contribution in [0.4, 0.5) is 8.78 Å². The maximum Gasteiger partial charge on any atom is 0.310 e. The lowest BCUT2D eigenvalue weighted by atomic mass is 9.78. The minimum absolute atomic E-state index is 0.0134. The van der Waals surface area contributed by atoms with Gasteiger partial charge in [0.2, 0.25) is 0 Å². The highest BCUT2D eigenvalue weighted by Crippen LogP contribution is 2.51. The van der Waals surface area contributed by atoms with E-state index in [0.717, 1.165) is 0 Å². The Morgan fingerprint density at radius 3 is 2.89 bits per heavy atom. The number of Topliss-reactive ketones (excluding diaryl/α,β-unsaturated/α-hetero) is 1. The smallest absolute Gasteiger partial charge is 0.310 e. The molecular weight excluding hydrogens is 380 g/mol. The van der Waals surface area contributed by atoms with Crippen molar-refractivity contribution in [3.63, 3.8) is 0 Å². The Labute approximate surface area is 158 Å². The van der Waals surface area contributed by atoms with Gasteiger partial charge in [-0.3, -0.25) is 9.79 Å². The summed E-state index contributed by atoms with van der Waals surface area (Å²) in [6, 6.07) is 4.50. The molecule has 1 atom stereocenters. The second-order valence-corrected chi connectivity index (χ2v) is 7.04. The van der Waals surface area contributed by atoms with Crippen molar-refractivity contribution in [2.45, 2.75) is 24.3 Å². The summed E-state index contributed by atoms with van der Waals surface area (Å²) in [6.07, 6.45) is 1.41. The van der Waals surface area contributed by atoms with Crippen molar-refractivity contribution in [1.82, 2.24) is 0 Å². The summed E-state index contributed by atoms with van der Waals surface area (Å²) in [4.78, 5) is 20.4. The minimum atomic E-state index is -3.26. The van der Waals surface area contributed by atoms with Crippen molar-refractivity contribution >= 4 is 29.6 Å². The maximum atomic E-state index is 14.8. The first kappa shape index (κ1) is 17.9. The molecule has 1 aromatic rings. The first-order chi connectivity index (χ1) is 12.8. The molecule has 0 aromatic heterocycles. The van der Waals surface area contributed by atoms with Crippen LogP contribution in [0.25, 0.3) is 0 Å². The molecule has 6 nitrogen and oxygen atoms in total. The van der Waals surface area contributed by atoms with E-state index in [0.29, 0.717) is 21.9 Å². The lowest BCUT2D eigenvalue weighted by molar-refractivity contribution is -0.132. The van der Waals surface area contributed by atoms with E-state index in [1.54, 1.807) is 12.1 Å². The summed E-state index contributed by atoms with van der Waals surface area (Å²) >= 11 is 5.97. The number of rotatable bonds is 3. The molecule has 27 heavy (non-hydrogen) atoms. The van der Waals surface area contributed by atoms with Gasteiger partial charge in [-0.2, -0.15) is 8.78 Å². The minimum Gasteiger partial charge on any atom is -0.493 e. The second kappa shape index (κ2) is 6.30. The average Bonchev–Trinajstić information content (AvgIpc) is 3.05. The van der Waals surface area contributed by atoms with Gasteiger partial charge in [-0.1, -0.05) is 17.7 Å². The number of benzene rings is 1. The number of halogens is 3. The number of hydrogen-bond acceptors (Lipinski definition) is 6. The first-order valence-electron chi connectivity index (χ1n) is 8.36. The molecule has 1 aromatic carbocycles. The molecule has 3 aliphatic heterocycles. The molecule has 0 aliphatic carbocycles. The summed E-state index contributed by atoms with van der Waals surface area (Å²) in [5.41, 5.74) is 4.92. The highest BCUT2D eigenvalue weighted by Gasteiger charge is 2.60. The van der Waals surface area contributed by atoms with Crippen molar-refractivity contribution < 1.29 is 23.0 Å². The summed E-state index contributed by atoms with van der Waals surface area (Å²) in [7, 11) is 0. The first-order valence-corrected chi connectivity index (χ1v) is 8.74. The summed E-state index contributed by atoms with van der Waals surface area (Å²) < 4.78 is 40.0. The number of fused-ring (bicyclic) bond motifs is 2. The molecule has 0 saturated carbocycles. The summed E-state index contributed by atoms with van der Waals surface area (Å²) in [5.74, 6) is -3.16. The Hall–Kier alpha value is -2.48. The fourth-order valence-corrected chi connectivity index (χ4v) is 3.78. The van der Waals surface area contributed by atoms with E-state index < -0.39 is 18.1 Å². The van der Waals surface area contributed by atoms with Gasteiger partial charge < -0.3 is 15.2 Å². The third kappa shape index (κ3) is 2.88. The van der Waals surface area contributed by atoms with Crippen LogP contribution in [-0.2, 0) is 21.5 Å². The molecule has 0 unspecified atom stereocenters. The van der Waals surface area contributed by atoms with E-state index in [-0.39, 0.29) is 43.4 Å². The van der Waals surface area contributed by atoms with Crippen molar-refractivity contribution in [3.05, 3.63) is 39.9 Å². The lowest BCUT2D eigenvalue weighted by Gasteiger charge is -2.43. The highest BCUT2D eigenvalue weighted by atomic mass is 35.5. The van der Waals surface area contributed by atoms with E-state index in [1.807, 2.05) is 0 Å². The van der Waals surface area contributed by atoms with Crippen molar-refractivity contribution in [2.75, 3.05) is 19.8 Å². The number of aliphatic imine (C=N–C) groups is 2. The zero-order valence-electron chi connectivity index (χ0n) is 14.2. The molecule has 0 saturated heterocycles. The number of carbonyl (C=O) groups excluding carboxylic acids is 1. The zero-order valence-corrected chi connectivity index (χ0v) is 14.9. The Balaban J connectivity index is 1.73. The average molecular weight is 396 g/mol. The quantitative estimate of drug-likeness (QED) is 0.851. The van der Waals surface area contributed by atoms with Gasteiger partial charge in [0.15, 0.2) is 17.9 Å². The number of alkyl halides is 2. The van der Waals surface area contributed by atoms with Gasteiger partial charge in [0.25, 0.3) is 6.02 Å². The highest BCUT2D eigenvalue weighted by molar-refractivity contribution is 6.42. The number of ketones is 1. The zero-order chi connectivity index (χ0) is 19.2. The maximum absolute atomic E-state index is 14.8. The number of allylic oxidation sites excluding steroid dienone is 1. The third-order valence-corrected chi connectivity index (χ3v) is 5.29. The molecular formula is C18H16ClF2N3O3. The predicted molar refractivity (Wildman–Crippen MR) is 95.7 cm³/mol. The van der Waals surface area contributed by atoms with E-state index in [9.17, 15) is 13.6 Å². The Morgan fingerprint density at radius 1 is 1.33 bits per heavy atom. The standard InChI is InChI=1S/C18H16ClF2N3O3/c19-13-8-23-7-11(13)14(25)6-10-1-2-15-12(5-10)17(3-4-26-15)18(20,21)9-27-16(22)24-17/h1-2,5,8H,3-4,6-7,9H2,(H2,22,24)/t17-/m1/s1. The van der Waals surface area contributed by atoms with E-state index in [4.69, 9.17) is 26.8 Å². The van der Waals surface area contributed by atoms with Crippen LogP contribution in [0, 0.1) is 0 Å². The van der Waals surface area contributed by atoms with Crippen molar-refractivity contribution in [3.8, 4) is 5.75 Å². The Bertz CT molecular complexity index is 913. The molecule has 4 rings (SSSR count). The van der Waals surface area contributed by atoms with Crippen LogP contribution in [0.15, 0.2) is 38.8 Å². The molecule has 2 N–H and O–H groups in total. The number of amidine groups is 1. The fourth-order valence-electron chi connectivity index (χ4n) is 3.55. The molecule has 0 amide bonds. The fraction of sp³-hybridized carbons (Fsp3) is 0.389. The van der Waals surface area contributed by atoms with Gasteiger partial charge >= 0.3 is 5.92 Å². The molecule has 0 fully saturated rings. The number of nitrogens with two attached hydrogens (primary N) is 1. The van der Waals surface area contributed by atoms with Crippen LogP contribution < -0.4 is 10.5 Å². The summed E-state index contributed by atoms with van der Waals surface area (Å²) in [5, 5.41) is 0.311. The molecule has 0 radical (unpaired) electrons. The van der Waals surface area contributed by atoms with E-state index in [2.05, 4.69) is 9.98 Å². The lowest BCUT2D eigenvalue weighted by Crippen LogP contribution is -2.54. The topological polar surface area (TPSA) is 86.3 Å². The van der Waals surface area contributed by atoms with Gasteiger partial charge in [0.05, 0.1) is 18.2 Å². The van der Waals surface area contributed by atoms with Crippen LogP contribution in [-0.4, -0.2) is 43.7 Å². The van der Waals surface area contributed by atoms with Gasteiger partial charge in [0.1, 0.15) is 5.75 Å². The van der Waals surface area contributed by atoms with E-state index in [1.165, 1.54) is 12.3 Å². The predicted octanol–water partition coefficient (Wildman–Crippen LogP) is 2.33. The third-order valence-electron chi connectivity index (χ3n) is 4.96. The van der Waals surface area contributed by atoms with Crippen LogP contribution in [0.2, 0.25) is 0 Å². The molecule has 142 valence electrons. The van der Waals surface area contributed by atoms with Gasteiger partial charge in [-0.15, -0.1) is 0 Å². The number of ether oxygens (including phenoxy) is 2. The monoisotopic (exact) mass is 395 g/mol. The summed E-state index contributed by atoms with van der Waals surface area (Å²) in [6.45, 7) is -0.547. The Kier molecular flexibility index (Phi) is 4.18. The number of nitrogens with zero attached hydrogens (tertiary/aromatic N) is 2. The van der Waals surface area contributed by atoms with Crippen LogP contribution in [0.3, 0.4) is 0 Å². The van der Waals surface area contributed by atoms with Gasteiger partial charge in [0, 0.05) is 30.2 Å². The largest absolute Gasteiger partial charge is 0.493 e. The van der Waals surface area contributed by atoms with Crippen LogP contribution in [0.1, 0.15) is 17.5 Å². The SMILES string of the molecule is NC1=N[C@@]2(CCOc3ccc(CC(=O)C4=C(Cl)C=NC4)cc32)C(F)(F)CO1. The molecule has 1 spiro atoms. The second-order valence-electron chi connectivity index (χ2n) is 6.63. The Morgan fingerprint density at radius 2 is 2.15 bits per heavy atom. The number of hydrogen-bond donors (Lipinski definition) is 1. The van der Waals surface area contributed by atoms with E-state index >= 15 is 0 Å². The molecule has 3 heterocycles. The van der Waals surface area contributed by atoms with Crippen molar-refractivity contribution in [1.29, 1.82) is 0 Å². The molecule has 0 bridgehead atoms. The van der Waals surface area contributed by atoms with Gasteiger partial charge in [-0.25, -0.2) is 4.99 Å². The van der Waals surface area contributed by atoms with Crippen LogP contribution in [0.5, 0.6) is 5.75 Å². The normalized spacial score (nSPS) is 25.7. The number of carbonyl (C=O) groups is 1. The molecule has 9 heteroatoms. The van der Waals surface area contributed by atoms with Crippen LogP contribution >= 0.6 is 11.6 Å². The molecule has 3 aliphatic rings.